The monoisotopic (exact) mass is 446 g/mol. The van der Waals surface area contributed by atoms with Crippen LogP contribution in [0.2, 0.25) is 0 Å². The van der Waals surface area contributed by atoms with Crippen LogP contribution in [0.4, 0.5) is 11.4 Å². The summed E-state index contributed by atoms with van der Waals surface area (Å²) < 4.78 is 11.7. The Labute approximate surface area is 172 Å². The predicted molar refractivity (Wildman–Crippen MR) is 112 cm³/mol. The molecular formula is C21H23BrN2O4. The molecule has 0 aliphatic carbocycles. The first kappa shape index (κ1) is 20.4. The van der Waals surface area contributed by atoms with Crippen molar-refractivity contribution in [3.05, 3.63) is 58.1 Å². The van der Waals surface area contributed by atoms with Gasteiger partial charge < -0.3 is 19.7 Å². The Morgan fingerprint density at radius 3 is 2.54 bits per heavy atom. The lowest BCUT2D eigenvalue weighted by Crippen LogP contribution is -2.37. The summed E-state index contributed by atoms with van der Waals surface area (Å²) in [6.45, 7) is 4.95. The zero-order valence-corrected chi connectivity index (χ0v) is 17.3. The molecule has 2 aromatic rings. The maximum atomic E-state index is 12.6. The van der Waals surface area contributed by atoms with Crippen LogP contribution in [0.3, 0.4) is 0 Å². The van der Waals surface area contributed by atoms with Crippen LogP contribution in [0.25, 0.3) is 0 Å². The second kappa shape index (κ2) is 9.71. The van der Waals surface area contributed by atoms with Gasteiger partial charge in [0.05, 0.1) is 31.1 Å². The van der Waals surface area contributed by atoms with Gasteiger partial charge in [-0.3, -0.25) is 4.79 Å². The van der Waals surface area contributed by atoms with E-state index in [1.54, 1.807) is 24.3 Å². The van der Waals surface area contributed by atoms with Crippen molar-refractivity contribution in [3.63, 3.8) is 0 Å². The smallest absolute Gasteiger partial charge is 0.340 e. The number of amides is 1. The minimum absolute atomic E-state index is 0.237. The molecule has 0 spiro atoms. The average Bonchev–Trinajstić information content (AvgIpc) is 2.73. The summed E-state index contributed by atoms with van der Waals surface area (Å²) >= 11 is 3.36. The third kappa shape index (κ3) is 5.11. The number of carbonyl (C=O) groups excluding carboxylic acids is 2. The van der Waals surface area contributed by atoms with Gasteiger partial charge in [-0.25, -0.2) is 4.79 Å². The molecule has 1 heterocycles. The van der Waals surface area contributed by atoms with Gasteiger partial charge in [0.15, 0.2) is 0 Å². The van der Waals surface area contributed by atoms with E-state index >= 15 is 0 Å². The fourth-order valence-electron chi connectivity index (χ4n) is 2.93. The number of anilines is 2. The molecule has 0 aromatic heterocycles. The minimum Gasteiger partial charge on any atom is -0.462 e. The Balaban J connectivity index is 1.84. The van der Waals surface area contributed by atoms with Crippen LogP contribution in [0.15, 0.2) is 46.9 Å². The van der Waals surface area contributed by atoms with Crippen molar-refractivity contribution >= 4 is 39.2 Å². The van der Waals surface area contributed by atoms with Crippen LogP contribution in [0.1, 0.15) is 34.1 Å². The van der Waals surface area contributed by atoms with Crippen molar-refractivity contribution in [1.82, 2.24) is 0 Å². The number of esters is 1. The third-order valence-electron chi connectivity index (χ3n) is 4.37. The van der Waals surface area contributed by atoms with E-state index in [0.29, 0.717) is 49.7 Å². The van der Waals surface area contributed by atoms with Gasteiger partial charge in [-0.05, 0) is 48.9 Å². The SMILES string of the molecule is CCCOC(=O)c1cc(NC(=O)c2ccc(Br)cc2)ccc1N1CCOCC1. The van der Waals surface area contributed by atoms with Gasteiger partial charge in [0, 0.05) is 28.8 Å². The molecule has 0 bridgehead atoms. The highest BCUT2D eigenvalue weighted by atomic mass is 79.9. The zero-order chi connectivity index (χ0) is 19.9. The number of nitrogens with one attached hydrogen (secondary N) is 1. The molecule has 1 N–H and O–H groups in total. The Kier molecular flexibility index (Phi) is 7.06. The Morgan fingerprint density at radius 1 is 1.14 bits per heavy atom. The number of hydrogen-bond acceptors (Lipinski definition) is 5. The highest BCUT2D eigenvalue weighted by Gasteiger charge is 2.21. The lowest BCUT2D eigenvalue weighted by Gasteiger charge is -2.30. The van der Waals surface area contributed by atoms with E-state index in [9.17, 15) is 9.59 Å². The van der Waals surface area contributed by atoms with Gasteiger partial charge in [0.25, 0.3) is 5.91 Å². The summed E-state index contributed by atoms with van der Waals surface area (Å²) in [6, 6.07) is 12.4. The number of ether oxygens (including phenoxy) is 2. The summed E-state index contributed by atoms with van der Waals surface area (Å²) in [4.78, 5) is 27.2. The number of hydrogen-bond donors (Lipinski definition) is 1. The largest absolute Gasteiger partial charge is 0.462 e. The van der Waals surface area contributed by atoms with E-state index in [1.165, 1.54) is 0 Å². The summed E-state index contributed by atoms with van der Waals surface area (Å²) in [5, 5.41) is 2.85. The standard InChI is InChI=1S/C21H23BrN2O4/c1-2-11-28-21(26)18-14-17(7-8-19(18)24-9-12-27-13-10-24)23-20(25)15-3-5-16(22)6-4-15/h3-8,14H,2,9-13H2,1H3,(H,23,25). The van der Waals surface area contributed by atoms with Gasteiger partial charge in [0.2, 0.25) is 0 Å². The zero-order valence-electron chi connectivity index (χ0n) is 15.7. The molecule has 1 aliphatic heterocycles. The Hall–Kier alpha value is -2.38. The van der Waals surface area contributed by atoms with E-state index in [-0.39, 0.29) is 11.9 Å². The summed E-state index contributed by atoms with van der Waals surface area (Å²) in [6.07, 6.45) is 0.749. The molecule has 0 atom stereocenters. The number of benzene rings is 2. The third-order valence-corrected chi connectivity index (χ3v) is 4.90. The van der Waals surface area contributed by atoms with Crippen LogP contribution in [-0.4, -0.2) is 44.8 Å². The molecule has 0 unspecified atom stereocenters. The van der Waals surface area contributed by atoms with E-state index < -0.39 is 0 Å². The second-order valence-electron chi connectivity index (χ2n) is 6.43. The van der Waals surface area contributed by atoms with Crippen LogP contribution in [-0.2, 0) is 9.47 Å². The summed E-state index contributed by atoms with van der Waals surface area (Å²) in [5.41, 5.74) is 2.33. The lowest BCUT2D eigenvalue weighted by molar-refractivity contribution is 0.0504. The normalized spacial score (nSPS) is 13.9. The number of nitrogens with zero attached hydrogens (tertiary/aromatic N) is 1. The van der Waals surface area contributed by atoms with Crippen molar-refractivity contribution in [2.24, 2.45) is 0 Å². The van der Waals surface area contributed by atoms with E-state index in [2.05, 4.69) is 26.1 Å². The van der Waals surface area contributed by atoms with Crippen molar-refractivity contribution in [3.8, 4) is 0 Å². The van der Waals surface area contributed by atoms with Crippen molar-refractivity contribution in [2.45, 2.75) is 13.3 Å². The van der Waals surface area contributed by atoms with Crippen molar-refractivity contribution < 1.29 is 19.1 Å². The fourth-order valence-corrected chi connectivity index (χ4v) is 3.20. The van der Waals surface area contributed by atoms with Crippen LogP contribution in [0.5, 0.6) is 0 Å². The molecule has 3 rings (SSSR count). The van der Waals surface area contributed by atoms with Gasteiger partial charge in [-0.1, -0.05) is 22.9 Å². The first-order valence-corrected chi connectivity index (χ1v) is 10.1. The highest BCUT2D eigenvalue weighted by Crippen LogP contribution is 2.26. The lowest BCUT2D eigenvalue weighted by atomic mass is 10.1. The van der Waals surface area contributed by atoms with E-state index in [4.69, 9.17) is 9.47 Å². The van der Waals surface area contributed by atoms with Crippen molar-refractivity contribution in [2.75, 3.05) is 43.1 Å². The molecule has 6 nitrogen and oxygen atoms in total. The predicted octanol–water partition coefficient (Wildman–Crippen LogP) is 4.10. The molecule has 28 heavy (non-hydrogen) atoms. The van der Waals surface area contributed by atoms with Crippen LogP contribution in [0, 0.1) is 0 Å². The molecule has 1 fully saturated rings. The Morgan fingerprint density at radius 2 is 1.86 bits per heavy atom. The number of morpholine rings is 1. The van der Waals surface area contributed by atoms with Crippen LogP contribution < -0.4 is 10.2 Å². The first-order chi connectivity index (χ1) is 13.6. The summed E-state index contributed by atoms with van der Waals surface area (Å²) in [5.74, 6) is -0.623. The minimum atomic E-state index is -0.386. The Bertz CT molecular complexity index is 833. The van der Waals surface area contributed by atoms with E-state index in [0.717, 1.165) is 16.6 Å². The molecule has 1 saturated heterocycles. The van der Waals surface area contributed by atoms with Gasteiger partial charge in [-0.2, -0.15) is 0 Å². The number of halogens is 1. The summed E-state index contributed by atoms with van der Waals surface area (Å²) in [7, 11) is 0. The molecule has 0 saturated carbocycles. The maximum absolute atomic E-state index is 12.6. The molecular weight excluding hydrogens is 424 g/mol. The molecule has 1 aliphatic rings. The second-order valence-corrected chi connectivity index (χ2v) is 7.34. The van der Waals surface area contributed by atoms with Gasteiger partial charge >= 0.3 is 5.97 Å². The molecule has 0 radical (unpaired) electrons. The van der Waals surface area contributed by atoms with Gasteiger partial charge in [-0.15, -0.1) is 0 Å². The van der Waals surface area contributed by atoms with Crippen LogP contribution >= 0.6 is 15.9 Å². The quantitative estimate of drug-likeness (QED) is 0.676. The first-order valence-electron chi connectivity index (χ1n) is 9.29. The molecule has 2 aromatic carbocycles. The fraction of sp³-hybridized carbons (Fsp3) is 0.333. The van der Waals surface area contributed by atoms with Crippen molar-refractivity contribution in [1.29, 1.82) is 0 Å². The topological polar surface area (TPSA) is 67.9 Å². The molecule has 7 heteroatoms. The maximum Gasteiger partial charge on any atom is 0.340 e. The van der Waals surface area contributed by atoms with Gasteiger partial charge in [0.1, 0.15) is 0 Å². The van der Waals surface area contributed by atoms with E-state index in [1.807, 2.05) is 25.1 Å². The highest BCUT2D eigenvalue weighted by molar-refractivity contribution is 9.10. The average molecular weight is 447 g/mol. The molecule has 1 amide bonds. The number of carbonyl (C=O) groups is 2. The number of rotatable bonds is 6. The molecule has 148 valence electrons.